The Morgan fingerprint density at radius 1 is 0.842 bits per heavy atom. The second kappa shape index (κ2) is 9.27. The minimum atomic E-state index is -2.14. The summed E-state index contributed by atoms with van der Waals surface area (Å²) in [4.78, 5) is 50.6. The van der Waals surface area contributed by atoms with E-state index >= 15 is 0 Å². The highest BCUT2D eigenvalue weighted by Crippen LogP contribution is 2.77. The van der Waals surface area contributed by atoms with Crippen molar-refractivity contribution in [2.24, 2.45) is 11.8 Å². The first-order valence-electron chi connectivity index (χ1n) is 11.1. The number of alkyl halides is 4. The maximum Gasteiger partial charge on any atom is 0.274 e. The van der Waals surface area contributed by atoms with Crippen molar-refractivity contribution in [3.63, 3.8) is 0 Å². The van der Waals surface area contributed by atoms with Crippen molar-refractivity contribution in [3.8, 4) is 0 Å². The molecule has 1 heterocycles. The number of carbonyl (C=O) groups is 4. The van der Waals surface area contributed by atoms with Crippen molar-refractivity contribution < 1.29 is 19.2 Å². The van der Waals surface area contributed by atoms with E-state index in [0.717, 1.165) is 10.6 Å². The molecule has 1 saturated heterocycles. The lowest BCUT2D eigenvalue weighted by Gasteiger charge is -2.36. The molecule has 38 heavy (non-hydrogen) atoms. The van der Waals surface area contributed by atoms with Crippen molar-refractivity contribution >= 4 is 105 Å². The smallest absolute Gasteiger partial charge is 0.274 e. The van der Waals surface area contributed by atoms with Crippen LogP contribution >= 0.6 is 81.2 Å². The molecule has 6 nitrogen and oxygen atoms in total. The summed E-state index contributed by atoms with van der Waals surface area (Å²) < 4.78 is -2.14. The van der Waals surface area contributed by atoms with Crippen LogP contribution in [0.15, 0.2) is 58.6 Å². The molecule has 3 amide bonds. The van der Waals surface area contributed by atoms with Gasteiger partial charge in [0.05, 0.1) is 32.5 Å². The van der Waals surface area contributed by atoms with Gasteiger partial charge < -0.3 is 0 Å². The number of allylic oxidation sites excluding steroid dienone is 2. The fraction of sp³-hybridized carbons (Fsp3) is 0.280. The van der Waals surface area contributed by atoms with E-state index in [1.54, 1.807) is 36.4 Å². The van der Waals surface area contributed by atoms with Crippen molar-refractivity contribution in [1.29, 1.82) is 0 Å². The number of aryl methyl sites for hydroxylation is 1. The Morgan fingerprint density at radius 3 is 1.84 bits per heavy atom. The first-order chi connectivity index (χ1) is 17.7. The lowest BCUT2D eigenvalue weighted by atomic mass is 9.84. The summed E-state index contributed by atoms with van der Waals surface area (Å²) in [6.45, 7) is 1.16. The molecule has 0 N–H and O–H groups in total. The number of nitrogens with zero attached hydrogens (tertiary/aromatic N) is 2. The summed E-state index contributed by atoms with van der Waals surface area (Å²) in [5.41, 5.74) is 1.11. The molecule has 1 saturated carbocycles. The van der Waals surface area contributed by atoms with Gasteiger partial charge in [-0.05, 0) is 19.1 Å². The zero-order valence-electron chi connectivity index (χ0n) is 19.2. The topological polar surface area (TPSA) is 74.8 Å². The standard InChI is InChI=1S/C25H15Cl7N2O4/c1-11-6-8-12(9-7-11)15(35)10-33(20(36)13-4-2-3-5-14(13)26)34-21(37)16-17(22(34)38)24(30)19(28)18(27)23(16,29)25(24,31)32/h2-9,16-17H,10H2,1H3/t16-,17-,23-,24-/m1/s1. The molecular weight excluding hydrogens is 640 g/mol. The Hall–Kier alpha value is -1.51. The lowest BCUT2D eigenvalue weighted by Crippen LogP contribution is -2.56. The number of rotatable bonds is 5. The van der Waals surface area contributed by atoms with Crippen LogP contribution in [0.2, 0.25) is 5.02 Å². The van der Waals surface area contributed by atoms with E-state index in [1.165, 1.54) is 12.1 Å². The van der Waals surface area contributed by atoms with E-state index in [2.05, 4.69) is 0 Å². The van der Waals surface area contributed by atoms with Crippen LogP contribution in [0.25, 0.3) is 0 Å². The SMILES string of the molecule is Cc1ccc(C(=O)CN(C(=O)c2ccccc2Cl)N2C(=O)[C@H]3[C@H](C2=O)[C@@]2(Cl)C(Cl)=C(Cl)[C@@]3(Cl)C2(Cl)Cl)cc1. The molecule has 1 aliphatic heterocycles. The summed E-state index contributed by atoms with van der Waals surface area (Å²) in [5, 5.41) is 0.762. The summed E-state index contributed by atoms with van der Waals surface area (Å²) in [6.07, 6.45) is 0. The van der Waals surface area contributed by atoms with E-state index in [-0.39, 0.29) is 26.2 Å². The predicted octanol–water partition coefficient (Wildman–Crippen LogP) is 6.34. The third-order valence-corrected chi connectivity index (χ3v) is 11.7. The number of imide groups is 1. The van der Waals surface area contributed by atoms with Crippen molar-refractivity contribution in [2.45, 2.75) is 21.0 Å². The summed E-state index contributed by atoms with van der Waals surface area (Å²) in [5.74, 6) is -6.33. The number of hydrogen-bond donors (Lipinski definition) is 0. The van der Waals surface area contributed by atoms with Crippen LogP contribution in [0.5, 0.6) is 0 Å². The number of Topliss-reactive ketones (excluding diaryl/α,β-unsaturated/α-hetero) is 1. The zero-order valence-corrected chi connectivity index (χ0v) is 24.4. The number of benzene rings is 2. The van der Waals surface area contributed by atoms with Crippen molar-refractivity contribution in [3.05, 3.63) is 80.3 Å². The van der Waals surface area contributed by atoms with Gasteiger partial charge in [-0.15, -0.1) is 23.2 Å². The van der Waals surface area contributed by atoms with Gasteiger partial charge in [0.15, 0.2) is 10.1 Å². The van der Waals surface area contributed by atoms with Crippen LogP contribution in [0.3, 0.4) is 0 Å². The Balaban J connectivity index is 1.61. The average Bonchev–Trinajstić information content (AvgIpc) is 3.26. The first-order valence-corrected chi connectivity index (χ1v) is 13.7. The van der Waals surface area contributed by atoms with E-state index in [9.17, 15) is 19.2 Å². The van der Waals surface area contributed by atoms with Gasteiger partial charge in [-0.25, -0.2) is 5.01 Å². The molecule has 0 unspecified atom stereocenters. The van der Waals surface area contributed by atoms with E-state index in [0.29, 0.717) is 5.01 Å². The molecule has 2 aromatic carbocycles. The molecule has 5 rings (SSSR count). The fourth-order valence-corrected chi connectivity index (χ4v) is 8.34. The van der Waals surface area contributed by atoms with Crippen LogP contribution in [-0.4, -0.2) is 54.1 Å². The summed E-state index contributed by atoms with van der Waals surface area (Å²) in [7, 11) is 0. The third kappa shape index (κ3) is 3.48. The molecule has 3 aliphatic rings. The minimum Gasteiger partial charge on any atom is -0.292 e. The maximum absolute atomic E-state index is 13.9. The maximum atomic E-state index is 13.9. The molecule has 4 atom stereocenters. The number of ketones is 1. The molecule has 2 fully saturated rings. The van der Waals surface area contributed by atoms with Crippen LogP contribution in [0, 0.1) is 18.8 Å². The molecule has 0 spiro atoms. The van der Waals surface area contributed by atoms with Gasteiger partial charge in [-0.2, -0.15) is 5.01 Å². The fourth-order valence-electron chi connectivity index (χ4n) is 5.19. The molecule has 2 aromatic rings. The Bertz CT molecular complexity index is 1410. The van der Waals surface area contributed by atoms with E-state index in [4.69, 9.17) is 81.2 Å². The van der Waals surface area contributed by atoms with Gasteiger partial charge in [0.1, 0.15) is 16.3 Å². The largest absolute Gasteiger partial charge is 0.292 e. The Labute approximate surface area is 252 Å². The van der Waals surface area contributed by atoms with Gasteiger partial charge in [0.2, 0.25) is 0 Å². The Morgan fingerprint density at radius 2 is 1.34 bits per heavy atom. The van der Waals surface area contributed by atoms with Gasteiger partial charge >= 0.3 is 0 Å². The number of amides is 3. The monoisotopic (exact) mass is 652 g/mol. The average molecular weight is 656 g/mol. The molecule has 2 bridgehead atoms. The second-order valence-electron chi connectivity index (χ2n) is 9.20. The van der Waals surface area contributed by atoms with E-state index < -0.39 is 56.0 Å². The predicted molar refractivity (Wildman–Crippen MR) is 147 cm³/mol. The van der Waals surface area contributed by atoms with Gasteiger partial charge in [0, 0.05) is 5.56 Å². The molecule has 13 heteroatoms. The Kier molecular flexibility index (Phi) is 6.84. The highest BCUT2D eigenvalue weighted by Gasteiger charge is 2.88. The second-order valence-corrected chi connectivity index (χ2v) is 12.9. The first kappa shape index (κ1) is 28.0. The number of hydrazine groups is 1. The zero-order chi connectivity index (χ0) is 27.9. The van der Waals surface area contributed by atoms with Crippen LogP contribution in [-0.2, 0) is 9.59 Å². The number of hydrogen-bond acceptors (Lipinski definition) is 4. The number of halogens is 7. The van der Waals surface area contributed by atoms with Crippen LogP contribution in [0.1, 0.15) is 26.3 Å². The van der Waals surface area contributed by atoms with E-state index in [1.807, 2.05) is 6.92 Å². The molecule has 0 radical (unpaired) electrons. The van der Waals surface area contributed by atoms with Gasteiger partial charge in [-0.3, -0.25) is 19.2 Å². The van der Waals surface area contributed by atoms with Crippen molar-refractivity contribution in [1.82, 2.24) is 10.0 Å². The molecular formula is C25H15Cl7N2O4. The lowest BCUT2D eigenvalue weighted by molar-refractivity contribution is -0.154. The third-order valence-electron chi connectivity index (χ3n) is 7.13. The summed E-state index contributed by atoms with van der Waals surface area (Å²) >= 11 is 45.6. The number of carbonyl (C=O) groups excluding carboxylic acids is 4. The van der Waals surface area contributed by atoms with Crippen LogP contribution < -0.4 is 0 Å². The highest BCUT2D eigenvalue weighted by atomic mass is 35.5. The quantitative estimate of drug-likeness (QED) is 0.214. The van der Waals surface area contributed by atoms with Crippen molar-refractivity contribution in [2.75, 3.05) is 6.54 Å². The highest BCUT2D eigenvalue weighted by molar-refractivity contribution is 6.66. The van der Waals surface area contributed by atoms with Gasteiger partial charge in [-0.1, -0.05) is 100.0 Å². The summed E-state index contributed by atoms with van der Waals surface area (Å²) in [6, 6.07) is 12.6. The normalized spacial score (nSPS) is 29.2. The molecule has 2 aliphatic carbocycles. The minimum absolute atomic E-state index is 0.0422. The number of fused-ring (bicyclic) bond motifs is 5. The molecule has 198 valence electrons. The van der Waals surface area contributed by atoms with Crippen LogP contribution in [0.4, 0.5) is 0 Å². The van der Waals surface area contributed by atoms with Gasteiger partial charge in [0.25, 0.3) is 17.7 Å². The molecule has 0 aromatic heterocycles.